The first-order valence-corrected chi connectivity index (χ1v) is 7.11. The third-order valence-corrected chi connectivity index (χ3v) is 3.43. The number of aromatic hydroxyl groups is 1. The maximum atomic E-state index is 11.9. The lowest BCUT2D eigenvalue weighted by molar-refractivity contribution is -0.114. The maximum Gasteiger partial charge on any atom is 0.156 e. The molecule has 0 aliphatic rings. The average Bonchev–Trinajstić information content (AvgIpc) is 2.48. The highest BCUT2D eigenvalue weighted by Crippen LogP contribution is 2.24. The van der Waals surface area contributed by atoms with Crippen LogP contribution in [0, 0.1) is 13.8 Å². The summed E-state index contributed by atoms with van der Waals surface area (Å²) in [6.07, 6.45) is 4.47. The minimum absolute atomic E-state index is 0.0670. The van der Waals surface area contributed by atoms with Gasteiger partial charge in [0.15, 0.2) is 5.78 Å². The number of phenols is 1. The van der Waals surface area contributed by atoms with E-state index in [4.69, 9.17) is 0 Å². The molecular formula is C19H20O2. The first kappa shape index (κ1) is 15.0. The van der Waals surface area contributed by atoms with Gasteiger partial charge in [0.05, 0.1) is 0 Å². The molecule has 0 heterocycles. The van der Waals surface area contributed by atoms with E-state index in [9.17, 15) is 9.90 Å². The monoisotopic (exact) mass is 280 g/mol. The molecule has 2 rings (SSSR count). The summed E-state index contributed by atoms with van der Waals surface area (Å²) in [5, 5.41) is 9.98. The Kier molecular flexibility index (Phi) is 4.94. The molecule has 0 atom stereocenters. The molecule has 1 N–H and O–H groups in total. The standard InChI is InChI=1S/C19H20O2/c1-14-12-15(2)19(21)17(13-14)9-11-18(20)10-8-16-6-4-3-5-7-16/h3-7,9,11-13,21H,8,10H2,1-2H3. The van der Waals surface area contributed by atoms with E-state index in [0.717, 1.165) is 23.1 Å². The van der Waals surface area contributed by atoms with Gasteiger partial charge in [-0.25, -0.2) is 0 Å². The van der Waals surface area contributed by atoms with Crippen LogP contribution >= 0.6 is 0 Å². The molecule has 0 saturated heterocycles. The fourth-order valence-corrected chi connectivity index (χ4v) is 2.30. The zero-order valence-corrected chi connectivity index (χ0v) is 12.5. The number of benzene rings is 2. The van der Waals surface area contributed by atoms with Gasteiger partial charge in [0.25, 0.3) is 0 Å². The van der Waals surface area contributed by atoms with Gasteiger partial charge in [-0.2, -0.15) is 0 Å². The lowest BCUT2D eigenvalue weighted by atomic mass is 10.0. The number of aryl methyl sites for hydroxylation is 3. The van der Waals surface area contributed by atoms with Gasteiger partial charge in [0.1, 0.15) is 5.75 Å². The fraction of sp³-hybridized carbons (Fsp3) is 0.211. The van der Waals surface area contributed by atoms with Crippen molar-refractivity contribution in [2.24, 2.45) is 0 Å². The zero-order chi connectivity index (χ0) is 15.2. The summed E-state index contributed by atoms with van der Waals surface area (Å²) in [7, 11) is 0. The number of ketones is 1. The molecule has 0 unspecified atom stereocenters. The molecule has 0 aliphatic heterocycles. The normalized spacial score (nSPS) is 11.0. The van der Waals surface area contributed by atoms with Gasteiger partial charge >= 0.3 is 0 Å². The molecule has 0 aliphatic carbocycles. The summed E-state index contributed by atoms with van der Waals surface area (Å²) in [5.74, 6) is 0.310. The molecule has 0 aromatic heterocycles. The zero-order valence-electron chi connectivity index (χ0n) is 12.5. The minimum atomic E-state index is 0.0670. The molecule has 2 aromatic carbocycles. The lowest BCUT2D eigenvalue weighted by Crippen LogP contribution is -1.96. The largest absolute Gasteiger partial charge is 0.507 e. The number of carbonyl (C=O) groups is 1. The van der Waals surface area contributed by atoms with E-state index in [1.54, 1.807) is 12.2 Å². The molecule has 0 radical (unpaired) electrons. The van der Waals surface area contributed by atoms with Gasteiger partial charge in [-0.05, 0) is 49.6 Å². The summed E-state index contributed by atoms with van der Waals surface area (Å²) < 4.78 is 0. The van der Waals surface area contributed by atoms with Crippen LogP contribution in [0.2, 0.25) is 0 Å². The summed E-state index contributed by atoms with van der Waals surface area (Å²) in [4.78, 5) is 11.9. The highest BCUT2D eigenvalue weighted by Gasteiger charge is 2.04. The third-order valence-electron chi connectivity index (χ3n) is 3.43. The van der Waals surface area contributed by atoms with Gasteiger partial charge < -0.3 is 5.11 Å². The average molecular weight is 280 g/mol. The van der Waals surface area contributed by atoms with Crippen LogP contribution in [0.3, 0.4) is 0 Å². The highest BCUT2D eigenvalue weighted by molar-refractivity contribution is 5.94. The van der Waals surface area contributed by atoms with Crippen LogP contribution < -0.4 is 0 Å². The predicted octanol–water partition coefficient (Wildman–Crippen LogP) is 4.22. The molecule has 0 amide bonds. The topological polar surface area (TPSA) is 37.3 Å². The summed E-state index contributed by atoms with van der Waals surface area (Å²) in [6, 6.07) is 13.8. The Morgan fingerprint density at radius 3 is 2.57 bits per heavy atom. The van der Waals surface area contributed by atoms with Crippen LogP contribution in [0.1, 0.15) is 28.7 Å². The van der Waals surface area contributed by atoms with Crippen LogP contribution in [0.4, 0.5) is 0 Å². The number of allylic oxidation sites excluding steroid dienone is 1. The predicted molar refractivity (Wildman–Crippen MR) is 86.4 cm³/mol. The Hall–Kier alpha value is -2.35. The molecule has 21 heavy (non-hydrogen) atoms. The van der Waals surface area contributed by atoms with Crippen molar-refractivity contribution >= 4 is 11.9 Å². The number of carbonyl (C=O) groups excluding carboxylic acids is 1. The maximum absolute atomic E-state index is 11.9. The third kappa shape index (κ3) is 4.32. The van der Waals surface area contributed by atoms with Crippen LogP contribution in [-0.2, 0) is 11.2 Å². The van der Waals surface area contributed by atoms with Crippen molar-refractivity contribution in [1.82, 2.24) is 0 Å². The van der Waals surface area contributed by atoms with Crippen molar-refractivity contribution in [2.75, 3.05) is 0 Å². The molecule has 2 aromatic rings. The molecule has 0 saturated carbocycles. The number of phenolic OH excluding ortho intramolecular Hbond substituents is 1. The Bertz CT molecular complexity index is 655. The van der Waals surface area contributed by atoms with E-state index in [2.05, 4.69) is 0 Å². The molecule has 0 bridgehead atoms. The van der Waals surface area contributed by atoms with E-state index in [-0.39, 0.29) is 11.5 Å². The van der Waals surface area contributed by atoms with Crippen LogP contribution in [-0.4, -0.2) is 10.9 Å². The Morgan fingerprint density at radius 1 is 1.14 bits per heavy atom. The molecule has 0 spiro atoms. The highest BCUT2D eigenvalue weighted by atomic mass is 16.3. The van der Waals surface area contributed by atoms with Crippen LogP contribution in [0.25, 0.3) is 6.08 Å². The van der Waals surface area contributed by atoms with Gasteiger partial charge in [-0.15, -0.1) is 0 Å². The minimum Gasteiger partial charge on any atom is -0.507 e. The van der Waals surface area contributed by atoms with Gasteiger partial charge in [0, 0.05) is 12.0 Å². The first-order chi connectivity index (χ1) is 10.1. The van der Waals surface area contributed by atoms with Crippen LogP contribution in [0.5, 0.6) is 5.75 Å². The van der Waals surface area contributed by atoms with Crippen LogP contribution in [0.15, 0.2) is 48.5 Å². The molecule has 2 heteroatoms. The molecule has 2 nitrogen and oxygen atoms in total. The second-order valence-corrected chi connectivity index (χ2v) is 5.30. The van der Waals surface area contributed by atoms with E-state index >= 15 is 0 Å². The van der Waals surface area contributed by atoms with Crippen molar-refractivity contribution in [3.63, 3.8) is 0 Å². The SMILES string of the molecule is Cc1cc(C)c(O)c(C=CC(=O)CCc2ccccc2)c1. The number of hydrogen-bond acceptors (Lipinski definition) is 2. The van der Waals surface area contributed by atoms with Crippen molar-refractivity contribution in [1.29, 1.82) is 0 Å². The summed E-state index contributed by atoms with van der Waals surface area (Å²) >= 11 is 0. The molecule has 0 fully saturated rings. The molecular weight excluding hydrogens is 260 g/mol. The summed E-state index contributed by atoms with van der Waals surface area (Å²) in [5.41, 5.74) is 3.75. The second kappa shape index (κ2) is 6.89. The number of hydrogen-bond donors (Lipinski definition) is 1. The van der Waals surface area contributed by atoms with Crippen molar-refractivity contribution in [2.45, 2.75) is 26.7 Å². The first-order valence-electron chi connectivity index (χ1n) is 7.11. The summed E-state index contributed by atoms with van der Waals surface area (Å²) in [6.45, 7) is 3.83. The Morgan fingerprint density at radius 2 is 1.86 bits per heavy atom. The van der Waals surface area contributed by atoms with Crippen molar-refractivity contribution in [3.8, 4) is 5.75 Å². The smallest absolute Gasteiger partial charge is 0.156 e. The van der Waals surface area contributed by atoms with Crippen molar-refractivity contribution < 1.29 is 9.90 Å². The second-order valence-electron chi connectivity index (χ2n) is 5.30. The Balaban J connectivity index is 1.99. The van der Waals surface area contributed by atoms with E-state index < -0.39 is 0 Å². The van der Waals surface area contributed by atoms with E-state index in [0.29, 0.717) is 12.0 Å². The van der Waals surface area contributed by atoms with Crippen molar-refractivity contribution in [3.05, 3.63) is 70.8 Å². The van der Waals surface area contributed by atoms with Gasteiger partial charge in [-0.1, -0.05) is 42.0 Å². The van der Waals surface area contributed by atoms with Gasteiger partial charge in [-0.3, -0.25) is 4.79 Å². The number of rotatable bonds is 5. The lowest BCUT2D eigenvalue weighted by Gasteiger charge is -2.05. The molecule has 108 valence electrons. The quantitative estimate of drug-likeness (QED) is 0.832. The van der Waals surface area contributed by atoms with E-state index in [1.807, 2.05) is 56.3 Å². The fourth-order valence-electron chi connectivity index (χ4n) is 2.30. The Labute approximate surface area is 125 Å². The van der Waals surface area contributed by atoms with E-state index in [1.165, 1.54) is 0 Å². The van der Waals surface area contributed by atoms with Gasteiger partial charge in [0.2, 0.25) is 0 Å².